The summed E-state index contributed by atoms with van der Waals surface area (Å²) in [5.41, 5.74) is 0.735. The number of urea groups is 1. The maximum absolute atomic E-state index is 12.2. The lowest BCUT2D eigenvalue weighted by Gasteiger charge is -2.11. The van der Waals surface area contributed by atoms with Crippen LogP contribution in [-0.4, -0.2) is 25.4 Å². The number of hydrogen-bond acceptors (Lipinski definition) is 5. The number of sulfonamides is 1. The number of nitrogens with one attached hydrogen (secondary N) is 3. The maximum Gasteiger partial charge on any atom is 0.319 e. The van der Waals surface area contributed by atoms with Gasteiger partial charge in [0.2, 0.25) is 10.0 Å². The minimum Gasteiger partial charge on any atom is -0.334 e. The number of hydrogen-bond donors (Lipinski definition) is 3. The SMILES string of the molecule is CC(C)NS(=O)(=O)c1cccc(CNC(=O)Nc2cccc([N+](=O)[O-])c2)c1. The molecule has 0 saturated carbocycles. The van der Waals surface area contributed by atoms with E-state index in [0.29, 0.717) is 5.56 Å². The van der Waals surface area contributed by atoms with Gasteiger partial charge in [-0.3, -0.25) is 10.1 Å². The fourth-order valence-corrected chi connectivity index (χ4v) is 3.58. The quantitative estimate of drug-likeness (QED) is 0.492. The molecule has 144 valence electrons. The van der Waals surface area contributed by atoms with Gasteiger partial charge in [0.15, 0.2) is 0 Å². The summed E-state index contributed by atoms with van der Waals surface area (Å²) < 4.78 is 26.9. The maximum atomic E-state index is 12.2. The van der Waals surface area contributed by atoms with Crippen LogP contribution in [0, 0.1) is 10.1 Å². The minimum atomic E-state index is -3.62. The van der Waals surface area contributed by atoms with E-state index in [9.17, 15) is 23.3 Å². The van der Waals surface area contributed by atoms with Crippen LogP contribution in [0.5, 0.6) is 0 Å². The number of benzene rings is 2. The molecular weight excluding hydrogens is 372 g/mol. The summed E-state index contributed by atoms with van der Waals surface area (Å²) in [7, 11) is -3.62. The highest BCUT2D eigenvalue weighted by Gasteiger charge is 2.15. The Morgan fingerprint density at radius 3 is 2.52 bits per heavy atom. The smallest absolute Gasteiger partial charge is 0.319 e. The molecule has 0 aromatic heterocycles. The van der Waals surface area contributed by atoms with Gasteiger partial charge < -0.3 is 10.6 Å². The molecule has 0 unspecified atom stereocenters. The minimum absolute atomic E-state index is 0.0891. The van der Waals surface area contributed by atoms with Gasteiger partial charge in [-0.05, 0) is 37.6 Å². The number of anilines is 1. The van der Waals surface area contributed by atoms with E-state index < -0.39 is 21.0 Å². The third-order valence-corrected chi connectivity index (χ3v) is 5.02. The number of carbonyl (C=O) groups is 1. The summed E-state index contributed by atoms with van der Waals surface area (Å²) in [6.45, 7) is 3.54. The molecule has 9 nitrogen and oxygen atoms in total. The first-order valence-corrected chi connectivity index (χ1v) is 9.56. The van der Waals surface area contributed by atoms with Crippen LogP contribution >= 0.6 is 0 Å². The lowest BCUT2D eigenvalue weighted by atomic mass is 10.2. The second kappa shape index (κ2) is 8.60. The van der Waals surface area contributed by atoms with Gasteiger partial charge in [-0.1, -0.05) is 18.2 Å². The molecule has 0 spiro atoms. The molecule has 0 aliphatic rings. The number of nitrogens with zero attached hydrogens (tertiary/aromatic N) is 1. The van der Waals surface area contributed by atoms with Crippen LogP contribution in [0.2, 0.25) is 0 Å². The number of carbonyl (C=O) groups excluding carboxylic acids is 1. The Hall–Kier alpha value is -2.98. The Bertz CT molecular complexity index is 944. The van der Waals surface area contributed by atoms with Gasteiger partial charge in [0.05, 0.1) is 9.82 Å². The van der Waals surface area contributed by atoms with Crippen molar-refractivity contribution in [2.24, 2.45) is 0 Å². The molecule has 0 bridgehead atoms. The Morgan fingerprint density at radius 1 is 1.15 bits per heavy atom. The van der Waals surface area contributed by atoms with E-state index in [0.717, 1.165) is 0 Å². The van der Waals surface area contributed by atoms with E-state index in [1.807, 2.05) is 0 Å². The van der Waals surface area contributed by atoms with E-state index in [4.69, 9.17) is 0 Å². The predicted octanol–water partition coefficient (Wildman–Crippen LogP) is 2.60. The zero-order valence-electron chi connectivity index (χ0n) is 14.8. The first-order valence-electron chi connectivity index (χ1n) is 8.08. The van der Waals surface area contributed by atoms with Gasteiger partial charge in [-0.15, -0.1) is 0 Å². The van der Waals surface area contributed by atoms with E-state index in [1.54, 1.807) is 26.0 Å². The summed E-state index contributed by atoms with van der Waals surface area (Å²) in [5, 5.41) is 15.8. The third-order valence-electron chi connectivity index (χ3n) is 3.37. The van der Waals surface area contributed by atoms with Crippen molar-refractivity contribution in [2.75, 3.05) is 5.32 Å². The van der Waals surface area contributed by atoms with Crippen molar-refractivity contribution in [1.82, 2.24) is 10.0 Å². The highest BCUT2D eigenvalue weighted by Crippen LogP contribution is 2.17. The molecule has 0 aliphatic carbocycles. The third kappa shape index (κ3) is 6.04. The number of non-ortho nitro benzene ring substituents is 1. The summed E-state index contributed by atoms with van der Waals surface area (Å²) in [6.07, 6.45) is 0. The molecule has 10 heteroatoms. The van der Waals surface area contributed by atoms with E-state index in [-0.39, 0.29) is 28.9 Å². The highest BCUT2D eigenvalue weighted by molar-refractivity contribution is 7.89. The molecule has 3 N–H and O–H groups in total. The number of amides is 2. The first kappa shape index (κ1) is 20.3. The second-order valence-electron chi connectivity index (χ2n) is 6.04. The first-order chi connectivity index (χ1) is 12.7. The van der Waals surface area contributed by atoms with Crippen LogP contribution in [0.1, 0.15) is 19.4 Å². The summed E-state index contributed by atoms with van der Waals surface area (Å²) in [6, 6.07) is 11.0. The second-order valence-corrected chi connectivity index (χ2v) is 7.75. The van der Waals surface area contributed by atoms with Crippen molar-refractivity contribution >= 4 is 27.4 Å². The topological polar surface area (TPSA) is 130 Å². The van der Waals surface area contributed by atoms with Gasteiger partial charge in [0.1, 0.15) is 0 Å². The molecule has 0 saturated heterocycles. The van der Waals surface area contributed by atoms with Crippen molar-refractivity contribution in [1.29, 1.82) is 0 Å². The Morgan fingerprint density at radius 2 is 1.85 bits per heavy atom. The fraction of sp³-hybridized carbons (Fsp3) is 0.235. The van der Waals surface area contributed by atoms with Crippen LogP contribution in [0.4, 0.5) is 16.2 Å². The molecular formula is C17H20N4O5S. The molecule has 2 amide bonds. The van der Waals surface area contributed by atoms with Crippen molar-refractivity contribution < 1.29 is 18.1 Å². The standard InChI is InChI=1S/C17H20N4O5S/c1-12(2)20-27(25,26)16-8-3-5-13(9-16)11-18-17(22)19-14-6-4-7-15(10-14)21(23)24/h3-10,12,20H,11H2,1-2H3,(H2,18,19,22). The van der Waals surface area contributed by atoms with Crippen molar-refractivity contribution in [3.8, 4) is 0 Å². The molecule has 0 radical (unpaired) electrons. The summed E-state index contributed by atoms with van der Waals surface area (Å²) in [4.78, 5) is 22.3. The van der Waals surface area contributed by atoms with Crippen molar-refractivity contribution in [2.45, 2.75) is 31.3 Å². The van der Waals surface area contributed by atoms with Gasteiger partial charge in [0, 0.05) is 30.4 Å². The van der Waals surface area contributed by atoms with E-state index in [1.165, 1.54) is 36.4 Å². The monoisotopic (exact) mass is 392 g/mol. The summed E-state index contributed by atoms with van der Waals surface area (Å²) in [5.74, 6) is 0. The lowest BCUT2D eigenvalue weighted by molar-refractivity contribution is -0.384. The number of nitro groups is 1. The molecule has 0 fully saturated rings. The molecule has 0 heterocycles. The normalized spacial score (nSPS) is 11.2. The Labute approximate surface area is 157 Å². The van der Waals surface area contributed by atoms with Crippen LogP contribution in [0.25, 0.3) is 0 Å². The van der Waals surface area contributed by atoms with Crippen LogP contribution in [-0.2, 0) is 16.6 Å². The van der Waals surface area contributed by atoms with Gasteiger partial charge in [-0.25, -0.2) is 17.9 Å². The van der Waals surface area contributed by atoms with Crippen LogP contribution < -0.4 is 15.4 Å². The number of nitro benzene ring substituents is 1. The zero-order valence-corrected chi connectivity index (χ0v) is 15.6. The molecule has 2 rings (SSSR count). The van der Waals surface area contributed by atoms with Gasteiger partial charge in [-0.2, -0.15) is 0 Å². The van der Waals surface area contributed by atoms with Crippen molar-refractivity contribution in [3.05, 3.63) is 64.2 Å². The van der Waals surface area contributed by atoms with Crippen molar-refractivity contribution in [3.63, 3.8) is 0 Å². The molecule has 2 aromatic rings. The van der Waals surface area contributed by atoms with Gasteiger partial charge in [0.25, 0.3) is 5.69 Å². The Balaban J connectivity index is 2.00. The molecule has 27 heavy (non-hydrogen) atoms. The fourth-order valence-electron chi connectivity index (χ4n) is 2.26. The Kier molecular flexibility index (Phi) is 6.48. The highest BCUT2D eigenvalue weighted by atomic mass is 32.2. The molecule has 0 aliphatic heterocycles. The zero-order chi connectivity index (χ0) is 20.0. The van der Waals surface area contributed by atoms with E-state index >= 15 is 0 Å². The van der Waals surface area contributed by atoms with Crippen LogP contribution in [0.15, 0.2) is 53.4 Å². The summed E-state index contributed by atoms with van der Waals surface area (Å²) >= 11 is 0. The predicted molar refractivity (Wildman–Crippen MR) is 101 cm³/mol. The van der Waals surface area contributed by atoms with Gasteiger partial charge >= 0.3 is 6.03 Å². The lowest BCUT2D eigenvalue weighted by Crippen LogP contribution is -2.30. The average Bonchev–Trinajstić information content (AvgIpc) is 2.59. The van der Waals surface area contributed by atoms with Crippen LogP contribution in [0.3, 0.4) is 0 Å². The number of rotatable bonds is 7. The van der Waals surface area contributed by atoms with E-state index in [2.05, 4.69) is 15.4 Å². The largest absolute Gasteiger partial charge is 0.334 e. The average molecular weight is 392 g/mol. The molecule has 2 aromatic carbocycles. The molecule has 0 atom stereocenters.